The molecule has 0 spiro atoms. The number of allylic oxidation sites excluding steroid dienone is 2. The van der Waals surface area contributed by atoms with Crippen LogP contribution in [0.1, 0.15) is 46.9 Å². The number of benzene rings is 1. The van der Waals surface area contributed by atoms with Crippen LogP contribution in [0.4, 0.5) is 5.13 Å². The van der Waals surface area contributed by atoms with Gasteiger partial charge in [-0.15, -0.1) is 30.9 Å². The molecule has 1 amide bonds. The van der Waals surface area contributed by atoms with Gasteiger partial charge >= 0.3 is 0 Å². The highest BCUT2D eigenvalue weighted by atomic mass is 127. The number of halogens is 2. The number of hydrogen-bond donors (Lipinski definition) is 1. The van der Waals surface area contributed by atoms with E-state index in [-0.39, 0.29) is 32.6 Å². The van der Waals surface area contributed by atoms with Crippen molar-refractivity contribution in [3.05, 3.63) is 81.1 Å². The normalized spacial score (nSPS) is 20.8. The van der Waals surface area contributed by atoms with Crippen molar-refractivity contribution >= 4 is 64.3 Å². The van der Waals surface area contributed by atoms with E-state index in [1.54, 1.807) is 19.4 Å². The molecule has 1 aromatic carbocycles. The molecule has 0 saturated heterocycles. The Morgan fingerprint density at radius 2 is 2.08 bits per heavy atom. The van der Waals surface area contributed by atoms with Gasteiger partial charge < -0.3 is 4.74 Å². The summed E-state index contributed by atoms with van der Waals surface area (Å²) in [5.74, 6) is 0.935. The van der Waals surface area contributed by atoms with E-state index in [2.05, 4.69) is 43.6 Å². The number of rotatable bonds is 6. The molecule has 3 heterocycles. The minimum atomic E-state index is -0.322. The second-order valence-corrected chi connectivity index (χ2v) is 13.1. The monoisotopic (exact) mass is 629 g/mol. The number of pyridine rings is 1. The minimum Gasteiger partial charge on any atom is -0.494 e. The zero-order valence-electron chi connectivity index (χ0n) is 19.4. The number of hydrogen-bond acceptors (Lipinski definition) is 7. The van der Waals surface area contributed by atoms with Gasteiger partial charge in [0.25, 0.3) is 5.91 Å². The van der Waals surface area contributed by atoms with Crippen LogP contribution in [0.3, 0.4) is 0 Å². The predicted octanol–water partition coefficient (Wildman–Crippen LogP) is 5.86. The van der Waals surface area contributed by atoms with Crippen molar-refractivity contribution in [3.8, 4) is 11.8 Å². The van der Waals surface area contributed by atoms with E-state index >= 15 is 0 Å². The molecule has 2 aliphatic rings. The molecule has 3 atom stereocenters. The molecule has 1 fully saturated rings. The summed E-state index contributed by atoms with van der Waals surface area (Å²) >= 11 is 7.27. The van der Waals surface area contributed by atoms with Crippen LogP contribution in [0.5, 0.6) is 5.75 Å². The summed E-state index contributed by atoms with van der Waals surface area (Å²) < 4.78 is 8.04. The van der Waals surface area contributed by atoms with Crippen molar-refractivity contribution in [3.63, 3.8) is 0 Å². The van der Waals surface area contributed by atoms with Crippen LogP contribution in [-0.4, -0.2) is 36.1 Å². The Bertz CT molecular complexity index is 1460. The molecule has 3 unspecified atom stereocenters. The van der Waals surface area contributed by atoms with Crippen LogP contribution in [0.25, 0.3) is 5.57 Å². The maximum atomic E-state index is 13.4. The summed E-state index contributed by atoms with van der Waals surface area (Å²) in [5.41, 5.74) is 3.89. The standard InChI is InChI=1S/C26H21ClIN5O2S/c1-14-3-8-17(21(11-28-14)19-10-23(27)30-13-22(19)35-2)24(34)31-26-33-32-25(36-26)20-9-18(20)16-6-4-15(12-29)5-7-16/h3-8,10-11,13-14,18,20H,9H2,1-2H3,(H,31,33,34). The second kappa shape index (κ2) is 10.6. The van der Waals surface area contributed by atoms with E-state index in [0.29, 0.717) is 37.0 Å². The van der Waals surface area contributed by atoms with Gasteiger partial charge in [-0.1, -0.05) is 54.1 Å². The van der Waals surface area contributed by atoms with E-state index in [1.165, 1.54) is 16.9 Å². The lowest BCUT2D eigenvalue weighted by Crippen LogP contribution is -2.15. The van der Waals surface area contributed by atoms with Crippen molar-refractivity contribution in [2.45, 2.75) is 29.1 Å². The van der Waals surface area contributed by atoms with Crippen LogP contribution in [-0.2, 0) is 4.79 Å². The number of nitrogens with zero attached hydrogens (tertiary/aromatic N) is 4. The van der Waals surface area contributed by atoms with E-state index in [9.17, 15) is 4.79 Å². The van der Waals surface area contributed by atoms with Crippen molar-refractivity contribution in [2.75, 3.05) is 12.4 Å². The molecule has 7 nitrogen and oxygen atoms in total. The van der Waals surface area contributed by atoms with Crippen LogP contribution in [0, 0.1) is 11.3 Å². The third-order valence-electron chi connectivity index (χ3n) is 6.01. The number of anilines is 1. The lowest BCUT2D eigenvalue weighted by Gasteiger charge is -2.12. The number of ether oxygens (including phenoxy) is 1. The van der Waals surface area contributed by atoms with Gasteiger partial charge in [-0.3, -0.25) is 10.1 Å². The molecule has 3 aromatic rings. The Hall–Kier alpha value is -2.94. The number of carbonyl (C=O) groups excluding carboxylic acids is 1. The van der Waals surface area contributed by atoms with Crippen molar-refractivity contribution < 1.29 is 9.53 Å². The molecule has 0 radical (unpaired) electrons. The minimum absolute atomic E-state index is 0.257. The van der Waals surface area contributed by atoms with Crippen LogP contribution in [0.15, 0.2) is 54.3 Å². The summed E-state index contributed by atoms with van der Waals surface area (Å²) in [5, 5.41) is 22.2. The van der Waals surface area contributed by atoms with Crippen LogP contribution < -0.4 is 10.1 Å². The number of alkyl halides is 1. The lowest BCUT2D eigenvalue weighted by molar-refractivity contribution is -0.112. The number of amides is 1. The second-order valence-electron chi connectivity index (χ2n) is 8.39. The molecule has 1 aliphatic carbocycles. The van der Waals surface area contributed by atoms with Gasteiger partial charge in [-0.2, -0.15) is 5.26 Å². The fourth-order valence-electron chi connectivity index (χ4n) is 4.01. The van der Waals surface area contributed by atoms with Gasteiger partial charge in [0.05, 0.1) is 24.9 Å². The Morgan fingerprint density at radius 3 is 2.83 bits per heavy atom. The molecule has 1 saturated carbocycles. The number of carbonyl (C=O) groups is 1. The van der Waals surface area contributed by atoms with Crippen molar-refractivity contribution in [1.82, 2.24) is 15.2 Å². The molecule has 10 heteroatoms. The van der Waals surface area contributed by atoms with Crippen LogP contribution in [0.2, 0.25) is 5.15 Å². The number of nitriles is 1. The average molecular weight is 630 g/mol. The summed E-state index contributed by atoms with van der Waals surface area (Å²) in [7, 11) is 1.57. The summed E-state index contributed by atoms with van der Waals surface area (Å²) in [6.07, 6.45) is 6.49. The number of aromatic nitrogens is 3. The molecule has 182 valence electrons. The van der Waals surface area contributed by atoms with E-state index in [4.69, 9.17) is 21.6 Å². The first-order valence-electron chi connectivity index (χ1n) is 11.2. The Morgan fingerprint density at radius 1 is 1.28 bits per heavy atom. The third kappa shape index (κ3) is 5.26. The van der Waals surface area contributed by atoms with Gasteiger partial charge in [-0.25, -0.2) is 4.98 Å². The molecule has 1 N–H and O–H groups in total. The average Bonchev–Trinajstić information content (AvgIpc) is 3.60. The Balaban J connectivity index is 1.38. The Kier molecular flexibility index (Phi) is 7.27. The number of nitrogens with one attached hydrogen (secondary N) is 1. The fraction of sp³-hybridized carbons (Fsp3) is 0.231. The molecule has 0 bridgehead atoms. The third-order valence-corrected chi connectivity index (χ3v) is 9.72. The maximum absolute atomic E-state index is 13.4. The number of methoxy groups -OCH3 is 1. The SMILES string of the molecule is COc1cnc(Cl)cc1C1=C(C(=O)Nc2nnc(C3CC3c3ccc(C#N)cc3)s2)C=CC(C)I=C1. The zero-order chi connectivity index (χ0) is 25.2. The largest absolute Gasteiger partial charge is 0.494 e. The first kappa shape index (κ1) is 24.7. The first-order chi connectivity index (χ1) is 17.5. The first-order valence-corrected chi connectivity index (χ1v) is 14.9. The van der Waals surface area contributed by atoms with E-state index in [1.807, 2.05) is 30.3 Å². The molecule has 1 aliphatic heterocycles. The van der Waals surface area contributed by atoms with Gasteiger partial charge in [-0.05, 0) is 40.1 Å². The summed E-state index contributed by atoms with van der Waals surface area (Å²) in [6, 6.07) is 11.6. The molecule has 5 rings (SSSR count). The summed E-state index contributed by atoms with van der Waals surface area (Å²) in [4.78, 5) is 17.5. The Labute approximate surface area is 227 Å². The molecular formula is C26H21ClIN5O2S. The van der Waals surface area contributed by atoms with Gasteiger partial charge in [0.1, 0.15) is 15.9 Å². The van der Waals surface area contributed by atoms with Gasteiger partial charge in [0.2, 0.25) is 5.13 Å². The van der Waals surface area contributed by atoms with E-state index < -0.39 is 0 Å². The maximum Gasteiger partial charge on any atom is 0.258 e. The fourth-order valence-corrected chi connectivity index (χ4v) is 7.13. The van der Waals surface area contributed by atoms with Gasteiger partial charge in [0, 0.05) is 26.6 Å². The molecule has 2 aromatic heterocycles. The van der Waals surface area contributed by atoms with E-state index in [0.717, 1.165) is 22.6 Å². The van der Waals surface area contributed by atoms with Crippen molar-refractivity contribution in [1.29, 1.82) is 5.26 Å². The highest BCUT2D eigenvalue weighted by molar-refractivity contribution is 14.2. The van der Waals surface area contributed by atoms with Crippen molar-refractivity contribution in [2.24, 2.45) is 0 Å². The quantitative estimate of drug-likeness (QED) is 0.208. The highest BCUT2D eigenvalue weighted by Gasteiger charge is 2.42. The highest BCUT2D eigenvalue weighted by Crippen LogP contribution is 2.55. The topological polar surface area (TPSA) is 101 Å². The smallest absolute Gasteiger partial charge is 0.258 e. The van der Waals surface area contributed by atoms with Crippen LogP contribution >= 0.6 is 43.7 Å². The predicted molar refractivity (Wildman–Crippen MR) is 151 cm³/mol. The van der Waals surface area contributed by atoms with Gasteiger partial charge in [0.15, 0.2) is 0 Å². The molecule has 36 heavy (non-hydrogen) atoms. The molecular weight excluding hydrogens is 609 g/mol. The lowest BCUT2D eigenvalue weighted by atomic mass is 10.0. The summed E-state index contributed by atoms with van der Waals surface area (Å²) in [6.45, 7) is 2.15. The zero-order valence-corrected chi connectivity index (χ0v) is 23.1.